The van der Waals surface area contributed by atoms with Crippen molar-refractivity contribution < 1.29 is 4.42 Å². The van der Waals surface area contributed by atoms with E-state index >= 15 is 0 Å². The monoisotopic (exact) mass is 404 g/mol. The van der Waals surface area contributed by atoms with Crippen molar-refractivity contribution >= 4 is 31.9 Å². The molecule has 0 saturated heterocycles. The van der Waals surface area contributed by atoms with Gasteiger partial charge in [0.05, 0.1) is 0 Å². The molecule has 3 aromatic rings. The molecular weight excluding hydrogens is 396 g/mol. The minimum atomic E-state index is -0.0776. The molecule has 3 rings (SSSR count). The van der Waals surface area contributed by atoms with E-state index in [0.29, 0.717) is 11.5 Å². The van der Waals surface area contributed by atoms with Gasteiger partial charge in [-0.3, -0.25) is 4.79 Å². The average molecular weight is 406 g/mol. The topological polar surface area (TPSA) is 30.2 Å². The second-order valence-corrected chi connectivity index (χ2v) is 6.37. The van der Waals surface area contributed by atoms with Crippen LogP contribution < -0.4 is 5.43 Å². The van der Waals surface area contributed by atoms with Gasteiger partial charge in [-0.25, -0.2) is 0 Å². The fourth-order valence-corrected chi connectivity index (χ4v) is 2.84. The van der Waals surface area contributed by atoms with Crippen molar-refractivity contribution in [2.24, 2.45) is 0 Å². The summed E-state index contributed by atoms with van der Waals surface area (Å²) in [6.45, 7) is 0. The summed E-state index contributed by atoms with van der Waals surface area (Å²) in [5.41, 5.74) is 1.64. The summed E-state index contributed by atoms with van der Waals surface area (Å²) in [4.78, 5) is 11.9. The van der Waals surface area contributed by atoms with E-state index in [0.717, 1.165) is 20.1 Å². The van der Waals surface area contributed by atoms with Gasteiger partial charge in [-0.15, -0.1) is 0 Å². The van der Waals surface area contributed by atoms with Crippen LogP contribution in [-0.4, -0.2) is 0 Å². The lowest BCUT2D eigenvalue weighted by atomic mass is 10.1. The molecule has 0 saturated carbocycles. The Morgan fingerprint density at radius 3 is 1.62 bits per heavy atom. The van der Waals surface area contributed by atoms with Crippen LogP contribution in [0.5, 0.6) is 0 Å². The third kappa shape index (κ3) is 3.34. The van der Waals surface area contributed by atoms with Crippen molar-refractivity contribution in [3.63, 3.8) is 0 Å². The van der Waals surface area contributed by atoms with Gasteiger partial charge in [-0.2, -0.15) is 0 Å². The summed E-state index contributed by atoms with van der Waals surface area (Å²) >= 11 is 6.85. The molecule has 0 radical (unpaired) electrons. The van der Waals surface area contributed by atoms with Gasteiger partial charge in [-0.1, -0.05) is 56.1 Å². The Balaban J connectivity index is 2.15. The Labute approximate surface area is 138 Å². The van der Waals surface area contributed by atoms with E-state index in [4.69, 9.17) is 4.42 Å². The number of hydrogen-bond acceptors (Lipinski definition) is 2. The predicted molar refractivity (Wildman–Crippen MR) is 91.2 cm³/mol. The van der Waals surface area contributed by atoms with Crippen LogP contribution >= 0.6 is 31.9 Å². The first-order valence-electron chi connectivity index (χ1n) is 6.29. The SMILES string of the molecule is O=c1cc(-c2cccc(Br)c2)oc(-c2cccc(Br)c2)c1. The zero-order valence-electron chi connectivity index (χ0n) is 10.8. The van der Waals surface area contributed by atoms with Gasteiger partial charge in [0.1, 0.15) is 11.5 Å². The van der Waals surface area contributed by atoms with Gasteiger partial charge >= 0.3 is 0 Å². The van der Waals surface area contributed by atoms with E-state index in [9.17, 15) is 4.79 Å². The molecule has 0 unspecified atom stereocenters. The van der Waals surface area contributed by atoms with Gasteiger partial charge < -0.3 is 4.42 Å². The van der Waals surface area contributed by atoms with Gasteiger partial charge in [0.15, 0.2) is 5.43 Å². The third-order valence-corrected chi connectivity index (χ3v) is 3.97. The quantitative estimate of drug-likeness (QED) is 0.563. The van der Waals surface area contributed by atoms with Crippen molar-refractivity contribution in [3.05, 3.63) is 79.8 Å². The molecule has 0 fully saturated rings. The van der Waals surface area contributed by atoms with Crippen molar-refractivity contribution in [3.8, 4) is 22.6 Å². The summed E-state index contributed by atoms with van der Waals surface area (Å²) < 4.78 is 7.78. The molecule has 0 atom stereocenters. The summed E-state index contributed by atoms with van der Waals surface area (Å²) in [5.74, 6) is 1.11. The molecule has 2 nitrogen and oxygen atoms in total. The molecule has 104 valence electrons. The van der Waals surface area contributed by atoms with Crippen LogP contribution in [0.15, 0.2) is 78.8 Å². The van der Waals surface area contributed by atoms with Crippen LogP contribution in [0.2, 0.25) is 0 Å². The van der Waals surface area contributed by atoms with E-state index in [1.54, 1.807) is 0 Å². The highest BCUT2D eigenvalue weighted by Gasteiger charge is 2.07. The zero-order valence-corrected chi connectivity index (χ0v) is 14.0. The first-order valence-corrected chi connectivity index (χ1v) is 7.87. The Hall–Kier alpha value is -1.65. The molecule has 0 N–H and O–H groups in total. The standard InChI is InChI=1S/C17H10Br2O2/c18-13-5-1-3-11(7-13)16-9-15(20)10-17(21-16)12-4-2-6-14(19)8-12/h1-10H. The summed E-state index contributed by atoms with van der Waals surface area (Å²) in [7, 11) is 0. The van der Waals surface area contributed by atoms with E-state index in [1.807, 2.05) is 48.5 Å². The van der Waals surface area contributed by atoms with E-state index in [1.165, 1.54) is 12.1 Å². The molecule has 0 bridgehead atoms. The molecule has 1 aromatic heterocycles. The maximum Gasteiger partial charge on any atom is 0.186 e. The highest BCUT2D eigenvalue weighted by molar-refractivity contribution is 9.10. The van der Waals surface area contributed by atoms with Crippen molar-refractivity contribution in [2.45, 2.75) is 0 Å². The van der Waals surface area contributed by atoms with Crippen LogP contribution in [0.3, 0.4) is 0 Å². The largest absolute Gasteiger partial charge is 0.456 e. The highest BCUT2D eigenvalue weighted by atomic mass is 79.9. The normalized spacial score (nSPS) is 10.6. The lowest BCUT2D eigenvalue weighted by Crippen LogP contribution is -1.98. The van der Waals surface area contributed by atoms with Gasteiger partial charge in [-0.05, 0) is 24.3 Å². The predicted octanol–water partition coefficient (Wildman–Crippen LogP) is 5.50. The molecule has 4 heteroatoms. The fourth-order valence-electron chi connectivity index (χ4n) is 2.05. The number of rotatable bonds is 2. The molecule has 0 aliphatic carbocycles. The smallest absolute Gasteiger partial charge is 0.186 e. The summed E-state index contributed by atoms with van der Waals surface area (Å²) in [5, 5.41) is 0. The minimum Gasteiger partial charge on any atom is -0.456 e. The molecule has 0 spiro atoms. The van der Waals surface area contributed by atoms with Crippen LogP contribution in [0.25, 0.3) is 22.6 Å². The maximum absolute atomic E-state index is 11.9. The minimum absolute atomic E-state index is 0.0776. The van der Waals surface area contributed by atoms with E-state index in [-0.39, 0.29) is 5.43 Å². The maximum atomic E-state index is 11.9. The van der Waals surface area contributed by atoms with Crippen LogP contribution in [0.4, 0.5) is 0 Å². The summed E-state index contributed by atoms with van der Waals surface area (Å²) in [6, 6.07) is 18.3. The number of halogens is 2. The summed E-state index contributed by atoms with van der Waals surface area (Å²) in [6.07, 6.45) is 0. The van der Waals surface area contributed by atoms with Crippen molar-refractivity contribution in [1.29, 1.82) is 0 Å². The molecular formula is C17H10Br2O2. The number of benzene rings is 2. The van der Waals surface area contributed by atoms with Crippen LogP contribution in [-0.2, 0) is 0 Å². The first kappa shape index (κ1) is 14.3. The van der Waals surface area contributed by atoms with Gasteiger partial charge in [0.25, 0.3) is 0 Å². The van der Waals surface area contributed by atoms with E-state index < -0.39 is 0 Å². The van der Waals surface area contributed by atoms with Gasteiger partial charge in [0, 0.05) is 32.2 Å². The lowest BCUT2D eigenvalue weighted by molar-refractivity contribution is 0.580. The average Bonchev–Trinajstić information content (AvgIpc) is 2.46. The Morgan fingerprint density at radius 1 is 0.714 bits per heavy atom. The first-order chi connectivity index (χ1) is 10.1. The lowest BCUT2D eigenvalue weighted by Gasteiger charge is -2.06. The molecule has 0 aliphatic heterocycles. The molecule has 2 aromatic carbocycles. The second-order valence-electron chi connectivity index (χ2n) is 4.54. The highest BCUT2D eigenvalue weighted by Crippen LogP contribution is 2.27. The van der Waals surface area contributed by atoms with Crippen molar-refractivity contribution in [1.82, 2.24) is 0 Å². The van der Waals surface area contributed by atoms with Crippen LogP contribution in [0, 0.1) is 0 Å². The third-order valence-electron chi connectivity index (χ3n) is 2.98. The Morgan fingerprint density at radius 2 is 1.19 bits per heavy atom. The Bertz CT molecular complexity index is 786. The second kappa shape index (κ2) is 6.00. The van der Waals surface area contributed by atoms with Crippen LogP contribution in [0.1, 0.15) is 0 Å². The Kier molecular flexibility index (Phi) is 4.08. The van der Waals surface area contributed by atoms with Gasteiger partial charge in [0.2, 0.25) is 0 Å². The molecule has 21 heavy (non-hydrogen) atoms. The van der Waals surface area contributed by atoms with Crippen molar-refractivity contribution in [2.75, 3.05) is 0 Å². The zero-order chi connectivity index (χ0) is 14.8. The molecule has 1 heterocycles. The fraction of sp³-hybridized carbons (Fsp3) is 0. The molecule has 0 aliphatic rings. The van der Waals surface area contributed by atoms with E-state index in [2.05, 4.69) is 31.9 Å². The number of hydrogen-bond donors (Lipinski definition) is 0. The molecule has 0 amide bonds.